The molecule has 1 aliphatic carbocycles. The Morgan fingerprint density at radius 1 is 1.16 bits per heavy atom. The fourth-order valence-electron chi connectivity index (χ4n) is 3.65. The van der Waals surface area contributed by atoms with Crippen molar-refractivity contribution in [3.05, 3.63) is 68.7 Å². The summed E-state index contributed by atoms with van der Waals surface area (Å²) in [5.41, 5.74) is 2.10. The highest BCUT2D eigenvalue weighted by atomic mass is 32.1. The van der Waals surface area contributed by atoms with Crippen LogP contribution in [0.2, 0.25) is 0 Å². The van der Waals surface area contributed by atoms with E-state index in [2.05, 4.69) is 6.92 Å². The third-order valence-corrected chi connectivity index (χ3v) is 6.38. The van der Waals surface area contributed by atoms with Gasteiger partial charge in [0.1, 0.15) is 11.6 Å². The summed E-state index contributed by atoms with van der Waals surface area (Å²) in [6.45, 7) is 2.19. The Balaban J connectivity index is 1.87. The van der Waals surface area contributed by atoms with Gasteiger partial charge in [0.15, 0.2) is 5.43 Å². The molecule has 0 fully saturated rings. The molecule has 0 aliphatic heterocycles. The van der Waals surface area contributed by atoms with E-state index in [1.807, 2.05) is 6.07 Å². The maximum absolute atomic E-state index is 14.1. The zero-order valence-electron chi connectivity index (χ0n) is 13.9. The summed E-state index contributed by atoms with van der Waals surface area (Å²) in [5, 5.41) is 0.699. The van der Waals surface area contributed by atoms with E-state index in [4.69, 9.17) is 0 Å². The van der Waals surface area contributed by atoms with Crippen LogP contribution in [0.15, 0.2) is 41.2 Å². The maximum Gasteiger partial charge on any atom is 0.191 e. The molecule has 25 heavy (non-hydrogen) atoms. The molecule has 1 atom stereocenters. The third kappa shape index (κ3) is 2.89. The van der Waals surface area contributed by atoms with Gasteiger partial charge in [-0.3, -0.25) is 4.79 Å². The van der Waals surface area contributed by atoms with E-state index >= 15 is 0 Å². The zero-order chi connectivity index (χ0) is 17.6. The molecular formula is C21H18F2OS. The molecule has 0 saturated carbocycles. The van der Waals surface area contributed by atoms with Crippen LogP contribution in [0.3, 0.4) is 0 Å². The topological polar surface area (TPSA) is 17.1 Å². The lowest BCUT2D eigenvalue weighted by Crippen LogP contribution is -2.20. The number of benzene rings is 2. The van der Waals surface area contributed by atoms with Crippen LogP contribution >= 0.6 is 11.3 Å². The van der Waals surface area contributed by atoms with Gasteiger partial charge >= 0.3 is 0 Å². The molecule has 0 bridgehead atoms. The Hall–Kier alpha value is -2.07. The Kier molecular flexibility index (Phi) is 4.16. The highest BCUT2D eigenvalue weighted by Crippen LogP contribution is 2.34. The second kappa shape index (κ2) is 6.34. The SMILES string of the molecule is CCC1CCc2c(sc3cc(-c4ccc(F)cc4F)ccc3c2=O)C1. The van der Waals surface area contributed by atoms with Crippen molar-refractivity contribution in [1.29, 1.82) is 0 Å². The van der Waals surface area contributed by atoms with E-state index < -0.39 is 11.6 Å². The van der Waals surface area contributed by atoms with Gasteiger partial charge in [0.05, 0.1) is 0 Å². The number of rotatable bonds is 2. The number of hydrogen-bond acceptors (Lipinski definition) is 2. The summed E-state index contributed by atoms with van der Waals surface area (Å²) in [7, 11) is 0. The lowest BCUT2D eigenvalue weighted by atomic mass is 9.86. The number of halogens is 2. The van der Waals surface area contributed by atoms with Crippen LogP contribution in [0.25, 0.3) is 21.2 Å². The lowest BCUT2D eigenvalue weighted by Gasteiger charge is -2.22. The van der Waals surface area contributed by atoms with Crippen LogP contribution in [0, 0.1) is 17.6 Å². The largest absolute Gasteiger partial charge is 0.289 e. The van der Waals surface area contributed by atoms with E-state index in [1.54, 1.807) is 23.5 Å². The van der Waals surface area contributed by atoms with E-state index in [0.717, 1.165) is 42.0 Å². The molecular weight excluding hydrogens is 338 g/mol. The summed E-state index contributed by atoms with van der Waals surface area (Å²) < 4.78 is 28.1. The second-order valence-corrected chi connectivity index (χ2v) is 7.82. The van der Waals surface area contributed by atoms with Crippen molar-refractivity contribution >= 4 is 21.4 Å². The average Bonchev–Trinajstić information content (AvgIpc) is 2.61. The maximum atomic E-state index is 14.1. The van der Waals surface area contributed by atoms with Crippen molar-refractivity contribution < 1.29 is 8.78 Å². The highest BCUT2D eigenvalue weighted by molar-refractivity contribution is 7.18. The molecule has 4 rings (SSSR count). The van der Waals surface area contributed by atoms with E-state index in [9.17, 15) is 13.6 Å². The minimum atomic E-state index is -0.591. The molecule has 0 N–H and O–H groups in total. The predicted octanol–water partition coefficient (Wildman–Crippen LogP) is 5.72. The van der Waals surface area contributed by atoms with E-state index in [-0.39, 0.29) is 5.43 Å². The molecule has 4 heteroatoms. The van der Waals surface area contributed by atoms with Gasteiger partial charge in [-0.2, -0.15) is 0 Å². The van der Waals surface area contributed by atoms with E-state index in [1.165, 1.54) is 17.0 Å². The molecule has 0 spiro atoms. The predicted molar refractivity (Wildman–Crippen MR) is 99.3 cm³/mol. The smallest absolute Gasteiger partial charge is 0.191 e. The molecule has 128 valence electrons. The first kappa shape index (κ1) is 16.4. The summed E-state index contributed by atoms with van der Waals surface area (Å²) in [6.07, 6.45) is 4.01. The number of hydrogen-bond donors (Lipinski definition) is 0. The van der Waals surface area contributed by atoms with Crippen LogP contribution in [0.1, 0.15) is 30.2 Å². The second-order valence-electron chi connectivity index (χ2n) is 6.69. The first-order valence-electron chi connectivity index (χ1n) is 8.61. The average molecular weight is 356 g/mol. The zero-order valence-corrected chi connectivity index (χ0v) is 14.8. The monoisotopic (exact) mass is 356 g/mol. The number of fused-ring (bicyclic) bond motifs is 2. The summed E-state index contributed by atoms with van der Waals surface area (Å²) in [4.78, 5) is 14.0. The van der Waals surface area contributed by atoms with Crippen LogP contribution in [0.4, 0.5) is 8.78 Å². The van der Waals surface area contributed by atoms with Crippen LogP contribution in [-0.4, -0.2) is 0 Å². The quantitative estimate of drug-likeness (QED) is 0.574. The summed E-state index contributed by atoms with van der Waals surface area (Å²) in [5.74, 6) is -0.541. The van der Waals surface area contributed by atoms with Gasteiger partial charge in [-0.1, -0.05) is 19.4 Å². The summed E-state index contributed by atoms with van der Waals surface area (Å²) >= 11 is 1.64. The van der Waals surface area contributed by atoms with Crippen molar-refractivity contribution in [1.82, 2.24) is 0 Å². The molecule has 2 aromatic carbocycles. The van der Waals surface area contributed by atoms with Gasteiger partial charge in [-0.25, -0.2) is 8.78 Å². The molecule has 1 aromatic heterocycles. The minimum Gasteiger partial charge on any atom is -0.289 e. The molecule has 1 unspecified atom stereocenters. The summed E-state index contributed by atoms with van der Waals surface area (Å²) in [6, 6.07) is 8.97. The molecule has 0 saturated heterocycles. The minimum absolute atomic E-state index is 0.115. The standard InChI is InChI=1S/C21H18F2OS/c1-2-12-3-6-16-19(9-12)25-20-10-13(4-7-17(20)21(16)24)15-8-5-14(22)11-18(15)23/h4-5,7-8,10-12H,2-3,6,9H2,1H3. The molecule has 0 amide bonds. The third-order valence-electron chi connectivity index (χ3n) is 5.17. The van der Waals surface area contributed by atoms with Crippen molar-refractivity contribution in [2.45, 2.75) is 32.6 Å². The molecule has 1 heterocycles. The first-order valence-corrected chi connectivity index (χ1v) is 9.42. The Bertz CT molecular complexity index is 1020. The molecule has 0 radical (unpaired) electrons. The van der Waals surface area contributed by atoms with Crippen LogP contribution in [-0.2, 0) is 12.8 Å². The normalized spacial score (nSPS) is 16.8. The lowest BCUT2D eigenvalue weighted by molar-refractivity contribution is 0.448. The van der Waals surface area contributed by atoms with E-state index in [0.29, 0.717) is 22.4 Å². The van der Waals surface area contributed by atoms with Crippen molar-refractivity contribution in [3.8, 4) is 11.1 Å². The highest BCUT2D eigenvalue weighted by Gasteiger charge is 2.22. The van der Waals surface area contributed by atoms with Gasteiger partial charge < -0.3 is 0 Å². The molecule has 3 aromatic rings. The van der Waals surface area contributed by atoms with Gasteiger partial charge in [-0.15, -0.1) is 11.3 Å². The van der Waals surface area contributed by atoms with Crippen LogP contribution < -0.4 is 5.43 Å². The van der Waals surface area contributed by atoms with Crippen molar-refractivity contribution in [2.75, 3.05) is 0 Å². The fourth-order valence-corrected chi connectivity index (χ4v) is 5.01. The fraction of sp³-hybridized carbons (Fsp3) is 0.286. The van der Waals surface area contributed by atoms with Gasteiger partial charge in [0, 0.05) is 32.2 Å². The van der Waals surface area contributed by atoms with Gasteiger partial charge in [-0.05, 0) is 55.0 Å². The van der Waals surface area contributed by atoms with Gasteiger partial charge in [0.2, 0.25) is 0 Å². The van der Waals surface area contributed by atoms with Crippen molar-refractivity contribution in [2.24, 2.45) is 5.92 Å². The Morgan fingerprint density at radius 2 is 2.00 bits per heavy atom. The molecule has 1 aliphatic rings. The Morgan fingerprint density at radius 3 is 2.76 bits per heavy atom. The van der Waals surface area contributed by atoms with Crippen LogP contribution in [0.5, 0.6) is 0 Å². The Labute approximate surface area is 148 Å². The van der Waals surface area contributed by atoms with Crippen molar-refractivity contribution in [3.63, 3.8) is 0 Å². The van der Waals surface area contributed by atoms with Gasteiger partial charge in [0.25, 0.3) is 0 Å². The first-order chi connectivity index (χ1) is 12.1. The molecule has 1 nitrogen and oxygen atoms in total.